The third kappa shape index (κ3) is 6.18. The van der Waals surface area contributed by atoms with Crippen LogP contribution in [-0.2, 0) is 6.61 Å². The topological polar surface area (TPSA) is 58.0 Å². The minimum atomic E-state index is 0.444. The van der Waals surface area contributed by atoms with Crippen molar-refractivity contribution in [1.82, 2.24) is 4.98 Å². The van der Waals surface area contributed by atoms with Gasteiger partial charge in [-0.05, 0) is 36.2 Å². The molecule has 2 aromatic carbocycles. The average molecular weight is 388 g/mol. The number of pyridine rings is 1. The van der Waals surface area contributed by atoms with Crippen LogP contribution in [-0.4, -0.2) is 17.2 Å². The molecule has 0 aliphatic carbocycles. The fourth-order valence-corrected chi connectivity index (χ4v) is 3.14. The molecule has 0 aliphatic rings. The minimum absolute atomic E-state index is 0.444. The molecule has 0 fully saturated rings. The van der Waals surface area contributed by atoms with Gasteiger partial charge in [0.2, 0.25) is 0 Å². The lowest BCUT2D eigenvalue weighted by molar-refractivity contribution is 0.306. The fraction of sp³-hybridized carbons (Fsp3) is 0.280. The molecule has 0 spiro atoms. The van der Waals surface area contributed by atoms with Crippen LogP contribution in [0, 0.1) is 5.41 Å². The highest BCUT2D eigenvalue weighted by Crippen LogP contribution is 2.21. The second-order valence-electron chi connectivity index (χ2n) is 7.06. The number of unbranched alkanes of at least 4 members (excludes halogenated alkanes) is 3. The van der Waals surface area contributed by atoms with E-state index in [4.69, 9.17) is 10.1 Å². The molecule has 1 heterocycles. The Morgan fingerprint density at radius 1 is 0.966 bits per heavy atom. The number of rotatable bonds is 11. The van der Waals surface area contributed by atoms with Crippen molar-refractivity contribution in [3.63, 3.8) is 0 Å². The molecule has 0 saturated carbocycles. The van der Waals surface area contributed by atoms with E-state index in [0.717, 1.165) is 41.2 Å². The van der Waals surface area contributed by atoms with Crippen LogP contribution in [0.3, 0.4) is 0 Å². The molecule has 1 aromatic heterocycles. The molecule has 0 atom stereocenters. The van der Waals surface area contributed by atoms with E-state index >= 15 is 0 Å². The van der Waals surface area contributed by atoms with Gasteiger partial charge in [-0.2, -0.15) is 0 Å². The van der Waals surface area contributed by atoms with Crippen LogP contribution in [0.2, 0.25) is 0 Å². The lowest BCUT2D eigenvalue weighted by atomic mass is 10.0. The van der Waals surface area contributed by atoms with Gasteiger partial charge in [0.05, 0.1) is 5.71 Å². The molecule has 0 aliphatic heterocycles. The Labute approximate surface area is 173 Å². The largest absolute Gasteiger partial charge is 0.489 e. The van der Waals surface area contributed by atoms with Crippen molar-refractivity contribution in [2.75, 3.05) is 11.9 Å². The maximum atomic E-state index is 8.72. The predicted molar refractivity (Wildman–Crippen MR) is 120 cm³/mol. The van der Waals surface area contributed by atoms with Crippen LogP contribution in [0.5, 0.6) is 5.75 Å². The molecule has 4 heteroatoms. The summed E-state index contributed by atoms with van der Waals surface area (Å²) in [7, 11) is 0. The molecule has 0 bridgehead atoms. The van der Waals surface area contributed by atoms with Gasteiger partial charge < -0.3 is 10.1 Å². The maximum absolute atomic E-state index is 8.72. The number of aromatic nitrogens is 1. The summed E-state index contributed by atoms with van der Waals surface area (Å²) in [6.07, 6.45) is 6.57. The van der Waals surface area contributed by atoms with E-state index in [-0.39, 0.29) is 0 Å². The van der Waals surface area contributed by atoms with Crippen LogP contribution in [0.1, 0.15) is 49.3 Å². The van der Waals surface area contributed by atoms with Gasteiger partial charge in [0.25, 0.3) is 0 Å². The van der Waals surface area contributed by atoms with Gasteiger partial charge >= 0.3 is 0 Å². The third-order valence-corrected chi connectivity index (χ3v) is 4.77. The molecular weight excluding hydrogens is 358 g/mol. The summed E-state index contributed by atoms with van der Waals surface area (Å²) in [5.41, 5.74) is 3.19. The first-order valence-electron chi connectivity index (χ1n) is 10.3. The SMILES string of the molecule is CCCCCCNc1ncccc1C(=N)c1cccc(OCc2ccccc2)c1. The van der Waals surface area contributed by atoms with Crippen LogP contribution >= 0.6 is 0 Å². The predicted octanol–water partition coefficient (Wildman–Crippen LogP) is 6.07. The van der Waals surface area contributed by atoms with Crippen molar-refractivity contribution in [2.24, 2.45) is 0 Å². The Balaban J connectivity index is 1.67. The lowest BCUT2D eigenvalue weighted by Crippen LogP contribution is -2.11. The lowest BCUT2D eigenvalue weighted by Gasteiger charge is -2.13. The quantitative estimate of drug-likeness (QED) is 0.310. The van der Waals surface area contributed by atoms with Crippen molar-refractivity contribution in [2.45, 2.75) is 39.2 Å². The highest BCUT2D eigenvalue weighted by molar-refractivity contribution is 6.13. The Hall–Kier alpha value is -3.14. The number of nitrogens with one attached hydrogen (secondary N) is 2. The Morgan fingerprint density at radius 3 is 2.66 bits per heavy atom. The van der Waals surface area contributed by atoms with Crippen molar-refractivity contribution in [1.29, 1.82) is 5.41 Å². The fourth-order valence-electron chi connectivity index (χ4n) is 3.14. The number of ether oxygens (including phenoxy) is 1. The second kappa shape index (κ2) is 11.0. The van der Waals surface area contributed by atoms with E-state index in [1.807, 2.05) is 66.7 Å². The summed E-state index contributed by atoms with van der Waals surface area (Å²) in [5, 5.41) is 12.1. The monoisotopic (exact) mass is 387 g/mol. The van der Waals surface area contributed by atoms with Gasteiger partial charge in [0.15, 0.2) is 0 Å². The molecule has 150 valence electrons. The molecule has 0 amide bonds. The maximum Gasteiger partial charge on any atom is 0.135 e. The van der Waals surface area contributed by atoms with Crippen molar-refractivity contribution >= 4 is 11.5 Å². The van der Waals surface area contributed by atoms with Crippen LogP contribution in [0.4, 0.5) is 5.82 Å². The van der Waals surface area contributed by atoms with Crippen LogP contribution in [0.15, 0.2) is 72.9 Å². The number of benzene rings is 2. The number of anilines is 1. The average Bonchev–Trinajstić information content (AvgIpc) is 2.78. The zero-order valence-electron chi connectivity index (χ0n) is 17.0. The Morgan fingerprint density at radius 2 is 1.83 bits per heavy atom. The van der Waals surface area contributed by atoms with Gasteiger partial charge in [-0.3, -0.25) is 5.41 Å². The molecule has 29 heavy (non-hydrogen) atoms. The highest BCUT2D eigenvalue weighted by Gasteiger charge is 2.11. The zero-order chi connectivity index (χ0) is 20.3. The standard InChI is InChI=1S/C25H29N3O/c1-2-3-4-8-16-27-25-23(15-10-17-28-25)24(26)21-13-9-14-22(18-21)29-19-20-11-6-5-7-12-20/h5-7,9-15,17-18,26H,2-4,8,16,19H2,1H3,(H,27,28). The van der Waals surface area contributed by atoms with Crippen molar-refractivity contribution in [3.05, 3.63) is 89.6 Å². The molecular formula is C25H29N3O. The van der Waals surface area contributed by atoms with Crippen LogP contribution in [0.25, 0.3) is 0 Å². The van der Waals surface area contributed by atoms with E-state index in [1.165, 1.54) is 19.3 Å². The van der Waals surface area contributed by atoms with E-state index in [1.54, 1.807) is 6.20 Å². The van der Waals surface area contributed by atoms with Gasteiger partial charge in [-0.25, -0.2) is 4.98 Å². The first-order valence-corrected chi connectivity index (χ1v) is 10.3. The minimum Gasteiger partial charge on any atom is -0.489 e. The van der Waals surface area contributed by atoms with Crippen LogP contribution < -0.4 is 10.1 Å². The van der Waals surface area contributed by atoms with E-state index in [0.29, 0.717) is 12.3 Å². The smallest absolute Gasteiger partial charge is 0.135 e. The first-order chi connectivity index (χ1) is 14.3. The summed E-state index contributed by atoms with van der Waals surface area (Å²) >= 11 is 0. The summed E-state index contributed by atoms with van der Waals surface area (Å²) in [6, 6.07) is 21.6. The van der Waals surface area contributed by atoms with Crippen molar-refractivity contribution in [3.8, 4) is 5.75 Å². The van der Waals surface area contributed by atoms with Crippen molar-refractivity contribution < 1.29 is 4.74 Å². The summed E-state index contributed by atoms with van der Waals surface area (Å²) in [4.78, 5) is 4.46. The van der Waals surface area contributed by atoms with E-state index in [9.17, 15) is 0 Å². The Bertz CT molecular complexity index is 909. The summed E-state index contributed by atoms with van der Waals surface area (Å²) in [6.45, 7) is 3.59. The molecule has 0 radical (unpaired) electrons. The molecule has 2 N–H and O–H groups in total. The van der Waals surface area contributed by atoms with Gasteiger partial charge in [0, 0.05) is 23.9 Å². The summed E-state index contributed by atoms with van der Waals surface area (Å²) in [5.74, 6) is 1.53. The van der Waals surface area contributed by atoms with Gasteiger partial charge in [-0.1, -0.05) is 68.7 Å². The number of hydrogen-bond donors (Lipinski definition) is 2. The number of hydrogen-bond acceptors (Lipinski definition) is 4. The molecule has 4 nitrogen and oxygen atoms in total. The molecule has 0 unspecified atom stereocenters. The van der Waals surface area contributed by atoms with Gasteiger partial charge in [0.1, 0.15) is 18.2 Å². The third-order valence-electron chi connectivity index (χ3n) is 4.77. The van der Waals surface area contributed by atoms with E-state index in [2.05, 4.69) is 17.2 Å². The van der Waals surface area contributed by atoms with Gasteiger partial charge in [-0.15, -0.1) is 0 Å². The normalized spacial score (nSPS) is 10.5. The molecule has 3 aromatic rings. The summed E-state index contributed by atoms with van der Waals surface area (Å²) < 4.78 is 5.92. The highest BCUT2D eigenvalue weighted by atomic mass is 16.5. The molecule has 0 saturated heterocycles. The first kappa shape index (κ1) is 20.6. The number of nitrogens with zero attached hydrogens (tertiary/aromatic N) is 1. The molecule has 3 rings (SSSR count). The van der Waals surface area contributed by atoms with E-state index < -0.39 is 0 Å². The zero-order valence-corrected chi connectivity index (χ0v) is 17.0. The Kier molecular flexibility index (Phi) is 7.81. The second-order valence-corrected chi connectivity index (χ2v) is 7.06.